The van der Waals surface area contributed by atoms with E-state index in [9.17, 15) is 9.59 Å². The van der Waals surface area contributed by atoms with Gasteiger partial charge in [-0.25, -0.2) is 4.98 Å². The Morgan fingerprint density at radius 2 is 2.00 bits per heavy atom. The van der Waals surface area contributed by atoms with Crippen LogP contribution in [0.2, 0.25) is 10.0 Å². The van der Waals surface area contributed by atoms with Crippen LogP contribution in [-0.4, -0.2) is 33.7 Å². The molecule has 10 heteroatoms. The summed E-state index contributed by atoms with van der Waals surface area (Å²) in [5, 5.41) is 9.95. The highest BCUT2D eigenvalue weighted by Crippen LogP contribution is 2.30. The number of fused-ring (bicyclic) bond motifs is 1. The molecule has 0 spiro atoms. The second-order valence-corrected chi connectivity index (χ2v) is 9.51. The van der Waals surface area contributed by atoms with Crippen molar-refractivity contribution in [1.82, 2.24) is 14.9 Å². The molecule has 2 amide bonds. The van der Waals surface area contributed by atoms with E-state index in [0.717, 1.165) is 15.8 Å². The molecule has 0 unspecified atom stereocenters. The van der Waals surface area contributed by atoms with Crippen LogP contribution in [0.5, 0.6) is 0 Å². The molecule has 0 saturated carbocycles. The van der Waals surface area contributed by atoms with E-state index in [1.807, 2.05) is 35.8 Å². The fourth-order valence-electron chi connectivity index (χ4n) is 3.16. The van der Waals surface area contributed by atoms with Crippen molar-refractivity contribution in [1.29, 1.82) is 0 Å². The number of thiazole rings is 1. The number of hydrogen-bond acceptors (Lipinski definition) is 5. The van der Waals surface area contributed by atoms with Gasteiger partial charge in [0.1, 0.15) is 0 Å². The highest BCUT2D eigenvalue weighted by atomic mass is 35.5. The van der Waals surface area contributed by atoms with Crippen LogP contribution in [0.3, 0.4) is 0 Å². The van der Waals surface area contributed by atoms with Crippen LogP contribution in [0.25, 0.3) is 10.9 Å². The highest BCUT2D eigenvalue weighted by Gasteiger charge is 2.13. The zero-order valence-corrected chi connectivity index (χ0v) is 19.8. The summed E-state index contributed by atoms with van der Waals surface area (Å²) in [6.07, 6.45) is 3.66. The van der Waals surface area contributed by atoms with Crippen molar-refractivity contribution >= 4 is 74.1 Å². The predicted molar refractivity (Wildman–Crippen MR) is 132 cm³/mol. The lowest BCUT2D eigenvalue weighted by atomic mass is 10.2. The Bertz CT molecular complexity index is 1260. The number of carbonyl (C=O) groups excluding carboxylic acids is 2. The summed E-state index contributed by atoms with van der Waals surface area (Å²) < 4.78 is 2.07. The fraction of sp³-hybridized carbons (Fsp3) is 0.136. The summed E-state index contributed by atoms with van der Waals surface area (Å²) >= 11 is 14.9. The SMILES string of the molecule is O=C(CSc1cn(CCNC(=O)c2ccc(Cl)cc2Cl)c2ccccc12)Nc1nccs1. The molecule has 4 aromatic rings. The van der Waals surface area contributed by atoms with Gasteiger partial charge in [0.05, 0.1) is 16.3 Å². The number of halogens is 2. The predicted octanol–water partition coefficient (Wildman–Crippen LogP) is 5.57. The number of carbonyl (C=O) groups is 2. The van der Waals surface area contributed by atoms with Gasteiger partial charge < -0.3 is 15.2 Å². The van der Waals surface area contributed by atoms with Crippen molar-refractivity contribution in [2.75, 3.05) is 17.6 Å². The topological polar surface area (TPSA) is 76.0 Å². The summed E-state index contributed by atoms with van der Waals surface area (Å²) in [5.41, 5.74) is 1.42. The van der Waals surface area contributed by atoms with E-state index in [4.69, 9.17) is 23.2 Å². The third-order valence-electron chi connectivity index (χ3n) is 4.60. The largest absolute Gasteiger partial charge is 0.350 e. The summed E-state index contributed by atoms with van der Waals surface area (Å²) in [5.74, 6) is -0.0789. The maximum absolute atomic E-state index is 12.4. The van der Waals surface area contributed by atoms with E-state index in [1.165, 1.54) is 23.1 Å². The summed E-state index contributed by atoms with van der Waals surface area (Å²) in [4.78, 5) is 29.7. The van der Waals surface area contributed by atoms with Crippen LogP contribution in [0.1, 0.15) is 10.4 Å². The minimum atomic E-state index is -0.253. The third kappa shape index (κ3) is 5.45. The molecule has 2 N–H and O–H groups in total. The van der Waals surface area contributed by atoms with Crippen molar-refractivity contribution in [2.45, 2.75) is 11.4 Å². The van der Waals surface area contributed by atoms with Crippen LogP contribution < -0.4 is 10.6 Å². The van der Waals surface area contributed by atoms with Crippen LogP contribution >= 0.6 is 46.3 Å². The molecule has 0 bridgehead atoms. The standard InChI is InChI=1S/C22H18Cl2N4O2S2/c23-14-5-6-15(17(24)11-14)21(30)25-7-9-28-12-19(16-3-1-2-4-18(16)28)32-13-20(29)27-22-26-8-10-31-22/h1-6,8,10-12H,7,9,13H2,(H,25,30)(H,26,27,29). The van der Waals surface area contributed by atoms with Gasteiger partial charge in [0.15, 0.2) is 5.13 Å². The molecule has 2 aromatic heterocycles. The van der Waals surface area contributed by atoms with E-state index >= 15 is 0 Å². The summed E-state index contributed by atoms with van der Waals surface area (Å²) in [7, 11) is 0. The first-order valence-corrected chi connectivity index (χ1v) is 12.3. The number of para-hydroxylation sites is 1. The van der Waals surface area contributed by atoms with E-state index in [2.05, 4.69) is 20.2 Å². The first-order chi connectivity index (χ1) is 15.5. The normalized spacial score (nSPS) is 10.9. The quantitative estimate of drug-likeness (QED) is 0.307. The molecule has 2 aromatic carbocycles. The lowest BCUT2D eigenvalue weighted by Gasteiger charge is -2.09. The molecule has 0 aliphatic rings. The van der Waals surface area contributed by atoms with Gasteiger partial charge in [-0.2, -0.15) is 0 Å². The summed E-state index contributed by atoms with van der Waals surface area (Å²) in [6.45, 7) is 0.994. The van der Waals surface area contributed by atoms with Gasteiger partial charge in [-0.3, -0.25) is 9.59 Å². The van der Waals surface area contributed by atoms with E-state index in [-0.39, 0.29) is 17.6 Å². The van der Waals surface area contributed by atoms with Gasteiger partial charge in [0.25, 0.3) is 5.91 Å². The molecule has 0 atom stereocenters. The monoisotopic (exact) mass is 504 g/mol. The highest BCUT2D eigenvalue weighted by molar-refractivity contribution is 8.00. The third-order valence-corrected chi connectivity index (χ3v) is 6.88. The van der Waals surface area contributed by atoms with Crippen LogP contribution in [0, 0.1) is 0 Å². The van der Waals surface area contributed by atoms with Gasteiger partial charge in [-0.15, -0.1) is 23.1 Å². The molecule has 0 aliphatic heterocycles. The maximum atomic E-state index is 12.4. The molecular formula is C22H18Cl2N4O2S2. The first-order valence-electron chi connectivity index (χ1n) is 9.64. The molecule has 164 valence electrons. The number of nitrogens with one attached hydrogen (secondary N) is 2. The Balaban J connectivity index is 1.39. The fourth-order valence-corrected chi connectivity index (χ4v) is 5.08. The smallest absolute Gasteiger partial charge is 0.252 e. The second-order valence-electron chi connectivity index (χ2n) is 6.76. The van der Waals surface area contributed by atoms with Crippen molar-refractivity contribution in [2.24, 2.45) is 0 Å². The first kappa shape index (κ1) is 22.7. The number of aromatic nitrogens is 2. The maximum Gasteiger partial charge on any atom is 0.252 e. The average Bonchev–Trinajstić information content (AvgIpc) is 3.40. The molecule has 32 heavy (non-hydrogen) atoms. The molecule has 0 saturated heterocycles. The lowest BCUT2D eigenvalue weighted by Crippen LogP contribution is -2.27. The van der Waals surface area contributed by atoms with E-state index in [0.29, 0.717) is 33.8 Å². The van der Waals surface area contributed by atoms with Gasteiger partial charge >= 0.3 is 0 Å². The molecule has 4 rings (SSSR count). The Labute approximate surface area is 202 Å². The van der Waals surface area contributed by atoms with Gasteiger partial charge in [-0.1, -0.05) is 41.4 Å². The molecule has 0 radical (unpaired) electrons. The number of thioether (sulfide) groups is 1. The van der Waals surface area contributed by atoms with Crippen molar-refractivity contribution in [3.8, 4) is 0 Å². The molecule has 2 heterocycles. The molecule has 6 nitrogen and oxygen atoms in total. The van der Waals surface area contributed by atoms with Crippen LogP contribution in [0.4, 0.5) is 5.13 Å². The number of amides is 2. The second kappa shape index (κ2) is 10.4. The Morgan fingerprint density at radius 3 is 2.78 bits per heavy atom. The minimum absolute atomic E-state index is 0.103. The van der Waals surface area contributed by atoms with Crippen LogP contribution in [0.15, 0.2) is 65.1 Å². The van der Waals surface area contributed by atoms with Gasteiger partial charge in [0, 0.05) is 51.7 Å². The lowest BCUT2D eigenvalue weighted by molar-refractivity contribution is -0.113. The van der Waals surface area contributed by atoms with E-state index in [1.54, 1.807) is 24.4 Å². The Hall–Kier alpha value is -2.52. The molecular weight excluding hydrogens is 487 g/mol. The number of nitrogens with zero attached hydrogens (tertiary/aromatic N) is 2. The van der Waals surface area contributed by atoms with Gasteiger partial charge in [-0.05, 0) is 24.3 Å². The van der Waals surface area contributed by atoms with E-state index < -0.39 is 0 Å². The van der Waals surface area contributed by atoms with Crippen LogP contribution in [-0.2, 0) is 11.3 Å². The Kier molecular flexibility index (Phi) is 7.36. The Morgan fingerprint density at radius 1 is 1.16 bits per heavy atom. The van der Waals surface area contributed by atoms with Crippen molar-refractivity contribution < 1.29 is 9.59 Å². The number of benzene rings is 2. The zero-order chi connectivity index (χ0) is 22.5. The van der Waals surface area contributed by atoms with Crippen molar-refractivity contribution in [3.05, 3.63) is 75.8 Å². The average molecular weight is 505 g/mol. The number of rotatable bonds is 8. The summed E-state index contributed by atoms with van der Waals surface area (Å²) in [6, 6.07) is 12.8. The zero-order valence-electron chi connectivity index (χ0n) is 16.7. The van der Waals surface area contributed by atoms with Gasteiger partial charge in [0.2, 0.25) is 5.91 Å². The molecule has 0 fully saturated rings. The van der Waals surface area contributed by atoms with Crippen molar-refractivity contribution in [3.63, 3.8) is 0 Å². The number of hydrogen-bond donors (Lipinski definition) is 2. The number of anilines is 1. The minimum Gasteiger partial charge on any atom is -0.350 e. The molecule has 0 aliphatic carbocycles.